The number of nitrogens with one attached hydrogen (secondary N) is 1. The Labute approximate surface area is 182 Å². The molecule has 7 heteroatoms. The number of halogens is 1. The van der Waals surface area contributed by atoms with Gasteiger partial charge in [-0.25, -0.2) is 4.39 Å². The number of hydrogen-bond acceptors (Lipinski definition) is 6. The van der Waals surface area contributed by atoms with Crippen LogP contribution in [0.4, 0.5) is 4.39 Å². The van der Waals surface area contributed by atoms with Crippen LogP contribution in [0.5, 0.6) is 17.2 Å². The van der Waals surface area contributed by atoms with Gasteiger partial charge in [0.2, 0.25) is 0 Å². The predicted octanol–water partition coefficient (Wildman–Crippen LogP) is 4.29. The summed E-state index contributed by atoms with van der Waals surface area (Å²) in [6.45, 7) is 4.67. The number of phenolic OH excluding ortho intramolecular Hbond substituents is 1. The maximum Gasteiger partial charge on any atom is 0.161 e. The van der Waals surface area contributed by atoms with Crippen molar-refractivity contribution in [2.24, 2.45) is 5.92 Å². The summed E-state index contributed by atoms with van der Waals surface area (Å²) in [6.07, 6.45) is 2.51. The number of hydrogen-bond donors (Lipinski definition) is 2. The lowest BCUT2D eigenvalue weighted by atomic mass is 9.88. The molecule has 0 radical (unpaired) electrons. The van der Waals surface area contributed by atoms with E-state index in [0.717, 1.165) is 45.0 Å². The van der Waals surface area contributed by atoms with Crippen LogP contribution in [-0.4, -0.2) is 54.9 Å². The van der Waals surface area contributed by atoms with Gasteiger partial charge in [-0.15, -0.1) is 0 Å². The fraction of sp³-hybridized carbons (Fsp3) is 0.417. The Hall–Kier alpha value is -2.93. The molecule has 1 heterocycles. The van der Waals surface area contributed by atoms with Gasteiger partial charge in [-0.2, -0.15) is 0 Å². The summed E-state index contributed by atoms with van der Waals surface area (Å²) in [6, 6.07) is 9.00. The van der Waals surface area contributed by atoms with E-state index in [4.69, 9.17) is 14.9 Å². The average Bonchev–Trinajstić information content (AvgIpc) is 2.76. The summed E-state index contributed by atoms with van der Waals surface area (Å²) in [5.74, 6) is 0.550. The van der Waals surface area contributed by atoms with E-state index >= 15 is 0 Å². The number of benzene rings is 2. The number of rotatable bonds is 9. The molecule has 0 bridgehead atoms. The first kappa shape index (κ1) is 22.7. The van der Waals surface area contributed by atoms with Gasteiger partial charge in [0.05, 0.1) is 13.7 Å². The van der Waals surface area contributed by atoms with Gasteiger partial charge in [-0.3, -0.25) is 4.79 Å². The Morgan fingerprint density at radius 1 is 1.19 bits per heavy atom. The Bertz CT molecular complexity index is 939. The number of nitrogens with zero attached hydrogens (tertiary/aromatic N) is 1. The molecule has 0 aromatic heterocycles. The van der Waals surface area contributed by atoms with Gasteiger partial charge < -0.3 is 24.9 Å². The number of ketones is 1. The highest BCUT2D eigenvalue weighted by molar-refractivity contribution is 6.02. The maximum atomic E-state index is 13.2. The number of aromatic hydroxyl groups is 1. The van der Waals surface area contributed by atoms with Gasteiger partial charge >= 0.3 is 0 Å². The van der Waals surface area contributed by atoms with E-state index in [1.807, 2.05) is 0 Å². The number of likely N-dealkylation sites (tertiary alicyclic amines) is 1. The minimum Gasteiger partial charge on any atom is -0.507 e. The van der Waals surface area contributed by atoms with Crippen LogP contribution in [0.2, 0.25) is 0 Å². The topological polar surface area (TPSA) is 82.9 Å². The molecule has 0 saturated carbocycles. The van der Waals surface area contributed by atoms with Gasteiger partial charge in [0.1, 0.15) is 11.6 Å². The van der Waals surface area contributed by atoms with Crippen molar-refractivity contribution in [3.05, 3.63) is 53.3 Å². The van der Waals surface area contributed by atoms with Crippen LogP contribution in [0.25, 0.3) is 0 Å². The van der Waals surface area contributed by atoms with Crippen LogP contribution in [0, 0.1) is 17.1 Å². The highest BCUT2D eigenvalue weighted by Gasteiger charge is 2.24. The zero-order valence-electron chi connectivity index (χ0n) is 18.0. The molecule has 0 atom stereocenters. The first-order valence-corrected chi connectivity index (χ1v) is 10.5. The second-order valence-corrected chi connectivity index (χ2v) is 7.81. The number of piperidine rings is 1. The van der Waals surface area contributed by atoms with Crippen LogP contribution in [0.3, 0.4) is 0 Å². The van der Waals surface area contributed by atoms with Crippen LogP contribution < -0.4 is 9.47 Å². The number of ether oxygens (including phenoxy) is 2. The summed E-state index contributed by atoms with van der Waals surface area (Å²) in [5, 5.41) is 18.3. The molecule has 3 rings (SSSR count). The van der Waals surface area contributed by atoms with Crippen LogP contribution in [-0.2, 0) is 0 Å². The van der Waals surface area contributed by atoms with Crippen LogP contribution in [0.1, 0.15) is 42.1 Å². The molecule has 1 aliphatic heterocycles. The van der Waals surface area contributed by atoms with Crippen LogP contribution in [0.15, 0.2) is 36.4 Å². The fourth-order valence-corrected chi connectivity index (χ4v) is 3.87. The summed E-state index contributed by atoms with van der Waals surface area (Å²) in [7, 11) is 1.56. The molecule has 0 aliphatic carbocycles. The molecule has 0 spiro atoms. The van der Waals surface area contributed by atoms with E-state index in [9.17, 15) is 14.3 Å². The van der Waals surface area contributed by atoms with Crippen LogP contribution >= 0.6 is 0 Å². The molecule has 0 amide bonds. The molecule has 166 valence electrons. The number of phenols is 1. The Morgan fingerprint density at radius 2 is 1.94 bits per heavy atom. The molecular weight excluding hydrogens is 399 g/mol. The quantitative estimate of drug-likeness (QED) is 0.354. The Morgan fingerprint density at radius 3 is 2.58 bits per heavy atom. The van der Waals surface area contributed by atoms with E-state index in [-0.39, 0.29) is 17.5 Å². The minimum atomic E-state index is -0.501. The third kappa shape index (κ3) is 5.82. The smallest absolute Gasteiger partial charge is 0.161 e. The Balaban J connectivity index is 1.43. The molecule has 0 unspecified atom stereocenters. The zero-order chi connectivity index (χ0) is 22.4. The molecule has 6 nitrogen and oxygen atoms in total. The van der Waals surface area contributed by atoms with Gasteiger partial charge in [0, 0.05) is 35.4 Å². The first-order valence-electron chi connectivity index (χ1n) is 10.5. The minimum absolute atomic E-state index is 0.0176. The highest BCUT2D eigenvalue weighted by Crippen LogP contribution is 2.29. The number of methoxy groups -OCH3 is 1. The molecule has 2 N–H and O–H groups in total. The van der Waals surface area contributed by atoms with Crippen molar-refractivity contribution in [3.63, 3.8) is 0 Å². The molecule has 1 aliphatic rings. The molecule has 31 heavy (non-hydrogen) atoms. The number of carbonyl (C=O) groups excluding carboxylic acids is 1. The van der Waals surface area contributed by atoms with Gasteiger partial charge in [-0.05, 0) is 69.6 Å². The third-order valence-electron chi connectivity index (χ3n) is 5.69. The Kier molecular flexibility index (Phi) is 7.63. The summed E-state index contributed by atoms with van der Waals surface area (Å²) >= 11 is 0. The van der Waals surface area contributed by atoms with E-state index in [1.165, 1.54) is 19.1 Å². The van der Waals surface area contributed by atoms with Crippen molar-refractivity contribution in [2.75, 3.05) is 33.4 Å². The summed E-state index contributed by atoms with van der Waals surface area (Å²) in [4.78, 5) is 13.8. The first-order chi connectivity index (χ1) is 14.9. The van der Waals surface area contributed by atoms with Crippen molar-refractivity contribution >= 4 is 11.5 Å². The number of Topliss-reactive ketones (excluding diaryl/α,β-unsaturated/α-hetero) is 1. The summed E-state index contributed by atoms with van der Waals surface area (Å²) in [5.41, 5.74) is 1.38. The SMILES string of the molecule is COc1cc(C(C)=O)ccc1OCCCN1CCC(C(=N)c2ccc(F)cc2O)CC1. The fourth-order valence-electron chi connectivity index (χ4n) is 3.87. The van der Waals surface area contributed by atoms with Gasteiger partial charge in [0.25, 0.3) is 0 Å². The zero-order valence-corrected chi connectivity index (χ0v) is 18.0. The molecule has 1 saturated heterocycles. The monoisotopic (exact) mass is 428 g/mol. The van der Waals surface area contributed by atoms with Crippen molar-refractivity contribution < 1.29 is 23.8 Å². The van der Waals surface area contributed by atoms with E-state index in [0.29, 0.717) is 34.9 Å². The second kappa shape index (κ2) is 10.4. The van der Waals surface area contributed by atoms with E-state index in [1.54, 1.807) is 25.3 Å². The summed E-state index contributed by atoms with van der Waals surface area (Å²) < 4.78 is 24.3. The lowest BCUT2D eigenvalue weighted by Gasteiger charge is -2.32. The average molecular weight is 429 g/mol. The predicted molar refractivity (Wildman–Crippen MR) is 117 cm³/mol. The molecule has 1 fully saturated rings. The lowest BCUT2D eigenvalue weighted by Crippen LogP contribution is -2.37. The number of carbonyl (C=O) groups is 1. The molecule has 2 aromatic rings. The van der Waals surface area contributed by atoms with Crippen molar-refractivity contribution in [2.45, 2.75) is 26.2 Å². The lowest BCUT2D eigenvalue weighted by molar-refractivity contribution is 0.101. The van der Waals surface area contributed by atoms with Crippen molar-refractivity contribution in [3.8, 4) is 17.2 Å². The van der Waals surface area contributed by atoms with E-state index in [2.05, 4.69) is 4.90 Å². The molecular formula is C24H29FN2O4. The van der Waals surface area contributed by atoms with Gasteiger partial charge in [0.15, 0.2) is 17.3 Å². The van der Waals surface area contributed by atoms with E-state index < -0.39 is 5.82 Å². The van der Waals surface area contributed by atoms with Crippen molar-refractivity contribution in [1.82, 2.24) is 4.90 Å². The third-order valence-corrected chi connectivity index (χ3v) is 5.69. The molecule has 2 aromatic carbocycles. The normalized spacial score (nSPS) is 14.9. The second-order valence-electron chi connectivity index (χ2n) is 7.81. The largest absolute Gasteiger partial charge is 0.507 e. The highest BCUT2D eigenvalue weighted by atomic mass is 19.1. The van der Waals surface area contributed by atoms with Crippen molar-refractivity contribution in [1.29, 1.82) is 5.41 Å². The maximum absolute atomic E-state index is 13.2. The standard InChI is InChI=1S/C24H29FN2O4/c1-16(28)18-4-7-22(23(14-18)30-2)31-13-3-10-27-11-8-17(9-12-27)24(26)20-6-5-19(25)15-21(20)29/h4-7,14-15,17,26,29H,3,8-13H2,1-2H3. The van der Waals surface area contributed by atoms with Gasteiger partial charge in [-0.1, -0.05) is 0 Å².